The number of carbonyl (C=O) groups excluding carboxylic acids is 4. The van der Waals surface area contributed by atoms with Crippen molar-refractivity contribution in [2.45, 2.75) is 37.9 Å². The van der Waals surface area contributed by atoms with Crippen LogP contribution in [0.15, 0.2) is 48.5 Å². The highest BCUT2D eigenvalue weighted by Crippen LogP contribution is 2.50. The van der Waals surface area contributed by atoms with Crippen molar-refractivity contribution in [2.75, 3.05) is 5.32 Å². The van der Waals surface area contributed by atoms with E-state index in [1.54, 1.807) is 5.32 Å². The minimum Gasteiger partial charge on any atom is -0.550 e. The van der Waals surface area contributed by atoms with E-state index in [1.807, 2.05) is 55.5 Å². The zero-order chi connectivity index (χ0) is 22.6. The van der Waals surface area contributed by atoms with Crippen LogP contribution in [0.25, 0.3) is 0 Å². The number of rotatable bonds is 5. The normalized spacial score (nSPS) is 28.2. The zero-order valence-corrected chi connectivity index (χ0v) is 17.5. The maximum Gasteiger partial charge on any atom is 0.291 e. The Morgan fingerprint density at radius 2 is 1.84 bits per heavy atom. The molecule has 8 nitrogen and oxygen atoms in total. The summed E-state index contributed by atoms with van der Waals surface area (Å²) in [6.45, 7) is 2.00. The molecule has 0 aromatic heterocycles. The Morgan fingerprint density at radius 1 is 1.09 bits per heavy atom. The molecular formula is C24H23N3O5. The quantitative estimate of drug-likeness (QED) is 0.611. The van der Waals surface area contributed by atoms with Gasteiger partial charge in [0, 0.05) is 18.0 Å². The zero-order valence-electron chi connectivity index (χ0n) is 17.5. The number of nitrogens with two attached hydrogens (primary N) is 1. The molecule has 0 radical (unpaired) electrons. The first kappa shape index (κ1) is 20.4. The SMILES string of the molecule is Cc1cccc2c1NC(=O)[C@@]21[NH2+][C@H](CCC(=O)[O-])[C@H]2C(=O)N(Cc3ccccc3)C(=O)[C@H]21. The van der Waals surface area contributed by atoms with E-state index in [0.29, 0.717) is 11.3 Å². The predicted octanol–water partition coefficient (Wildman–Crippen LogP) is -0.580. The molecule has 2 saturated heterocycles. The van der Waals surface area contributed by atoms with Gasteiger partial charge in [0.1, 0.15) is 17.9 Å². The molecule has 3 aliphatic rings. The number of carboxylic acids is 1. The molecule has 4 atom stereocenters. The third-order valence-corrected chi connectivity index (χ3v) is 7.07. The van der Waals surface area contributed by atoms with Gasteiger partial charge in [-0.15, -0.1) is 0 Å². The van der Waals surface area contributed by atoms with E-state index >= 15 is 0 Å². The maximum absolute atomic E-state index is 13.7. The van der Waals surface area contributed by atoms with Crippen LogP contribution in [0, 0.1) is 18.8 Å². The van der Waals surface area contributed by atoms with Gasteiger partial charge in [-0.05, 0) is 24.5 Å². The third kappa shape index (κ3) is 2.79. The Hall–Kier alpha value is -3.52. The molecule has 5 rings (SSSR count). The average molecular weight is 433 g/mol. The number of aliphatic carboxylic acids is 1. The van der Waals surface area contributed by atoms with Gasteiger partial charge in [-0.1, -0.05) is 48.5 Å². The first-order chi connectivity index (χ1) is 15.3. The van der Waals surface area contributed by atoms with E-state index in [1.165, 1.54) is 4.90 Å². The van der Waals surface area contributed by atoms with E-state index in [2.05, 4.69) is 5.32 Å². The summed E-state index contributed by atoms with van der Waals surface area (Å²) in [5.74, 6) is -3.97. The number of imide groups is 1. The molecule has 2 aromatic carbocycles. The predicted molar refractivity (Wildman–Crippen MR) is 110 cm³/mol. The lowest BCUT2D eigenvalue weighted by atomic mass is 9.76. The lowest BCUT2D eigenvalue weighted by Gasteiger charge is -2.26. The van der Waals surface area contributed by atoms with Crippen LogP contribution in [0.3, 0.4) is 0 Å². The van der Waals surface area contributed by atoms with Crippen molar-refractivity contribution in [1.82, 2.24) is 4.90 Å². The van der Waals surface area contributed by atoms with Crippen LogP contribution in [-0.4, -0.2) is 34.6 Å². The lowest BCUT2D eigenvalue weighted by Crippen LogP contribution is -2.99. The van der Waals surface area contributed by atoms with E-state index in [0.717, 1.165) is 11.1 Å². The third-order valence-electron chi connectivity index (χ3n) is 7.07. The van der Waals surface area contributed by atoms with E-state index in [-0.39, 0.29) is 37.1 Å². The number of carbonyl (C=O) groups is 4. The molecule has 8 heteroatoms. The molecule has 3 aliphatic heterocycles. The number of fused-ring (bicyclic) bond motifs is 4. The molecule has 3 N–H and O–H groups in total. The highest BCUT2D eigenvalue weighted by molar-refractivity contribution is 6.14. The number of hydrogen-bond acceptors (Lipinski definition) is 5. The summed E-state index contributed by atoms with van der Waals surface area (Å²) in [6, 6.07) is 14.2. The van der Waals surface area contributed by atoms with Crippen LogP contribution in [0.4, 0.5) is 5.69 Å². The average Bonchev–Trinajstić information content (AvgIpc) is 3.35. The molecular weight excluding hydrogens is 410 g/mol. The molecule has 164 valence electrons. The van der Waals surface area contributed by atoms with Gasteiger partial charge in [0.15, 0.2) is 0 Å². The summed E-state index contributed by atoms with van der Waals surface area (Å²) < 4.78 is 0. The Bertz CT molecular complexity index is 1150. The Labute approximate surface area is 184 Å². The standard InChI is InChI=1S/C24H23N3O5/c1-13-6-5-9-15-20(13)25-23(32)24(15)19-18(16(26-24)10-11-17(28)29)21(30)27(22(19)31)12-14-7-3-2-4-8-14/h2-9,16,18-19,26H,10-12H2,1H3,(H,25,32)(H,28,29)/t16-,18-,19+,24-/m1/s1. The van der Waals surface area contributed by atoms with Crippen LogP contribution in [0.1, 0.15) is 29.5 Å². The molecule has 2 aromatic rings. The van der Waals surface area contributed by atoms with Gasteiger partial charge in [0.25, 0.3) is 5.91 Å². The fourth-order valence-corrected chi connectivity index (χ4v) is 5.67. The van der Waals surface area contributed by atoms with Gasteiger partial charge in [-0.3, -0.25) is 19.3 Å². The van der Waals surface area contributed by atoms with E-state index < -0.39 is 29.4 Å². The number of benzene rings is 2. The molecule has 3 heterocycles. The first-order valence-electron chi connectivity index (χ1n) is 10.7. The number of aryl methyl sites for hydroxylation is 1. The minimum atomic E-state index is -1.29. The van der Waals surface area contributed by atoms with Gasteiger partial charge in [-0.25, -0.2) is 0 Å². The lowest BCUT2D eigenvalue weighted by molar-refractivity contribution is -0.734. The second-order valence-corrected chi connectivity index (χ2v) is 8.81. The molecule has 2 fully saturated rings. The second-order valence-electron chi connectivity index (χ2n) is 8.81. The van der Waals surface area contributed by atoms with Crippen LogP contribution in [0.2, 0.25) is 0 Å². The highest BCUT2D eigenvalue weighted by Gasteiger charge is 2.74. The van der Waals surface area contributed by atoms with Crippen molar-refractivity contribution in [3.8, 4) is 0 Å². The van der Waals surface area contributed by atoms with E-state index in [4.69, 9.17) is 0 Å². The van der Waals surface area contributed by atoms with Crippen molar-refractivity contribution in [3.63, 3.8) is 0 Å². The number of nitrogens with zero attached hydrogens (tertiary/aromatic N) is 1. The van der Waals surface area contributed by atoms with Gasteiger partial charge < -0.3 is 20.5 Å². The fraction of sp³-hybridized carbons (Fsp3) is 0.333. The number of amides is 3. The van der Waals surface area contributed by atoms with Gasteiger partial charge in [-0.2, -0.15) is 0 Å². The van der Waals surface area contributed by atoms with Crippen LogP contribution >= 0.6 is 0 Å². The number of hydrogen-bond donors (Lipinski definition) is 2. The fourth-order valence-electron chi connectivity index (χ4n) is 5.67. The maximum atomic E-state index is 13.7. The molecule has 1 spiro atoms. The molecule has 0 saturated carbocycles. The number of likely N-dealkylation sites (tertiary alicyclic amines) is 1. The molecule has 0 unspecified atom stereocenters. The first-order valence-corrected chi connectivity index (χ1v) is 10.7. The number of nitrogens with one attached hydrogen (secondary N) is 1. The molecule has 0 aliphatic carbocycles. The van der Waals surface area contributed by atoms with Crippen LogP contribution < -0.4 is 15.7 Å². The number of anilines is 1. The Kier molecular flexibility index (Phi) is 4.63. The Balaban J connectivity index is 1.60. The molecule has 0 bridgehead atoms. The second kappa shape index (κ2) is 7.27. The van der Waals surface area contributed by atoms with Crippen molar-refractivity contribution in [1.29, 1.82) is 0 Å². The number of carboxylic acid groups (broad SMARTS) is 1. The summed E-state index contributed by atoms with van der Waals surface area (Å²) in [5.41, 5.74) is 1.73. The minimum absolute atomic E-state index is 0.122. The van der Waals surface area contributed by atoms with Crippen molar-refractivity contribution < 1.29 is 29.6 Å². The summed E-state index contributed by atoms with van der Waals surface area (Å²) >= 11 is 0. The molecule has 32 heavy (non-hydrogen) atoms. The number of para-hydroxylation sites is 1. The van der Waals surface area contributed by atoms with Crippen molar-refractivity contribution in [3.05, 3.63) is 65.2 Å². The van der Waals surface area contributed by atoms with Crippen molar-refractivity contribution >= 4 is 29.4 Å². The Morgan fingerprint density at radius 3 is 2.56 bits per heavy atom. The summed E-state index contributed by atoms with van der Waals surface area (Å²) in [4.78, 5) is 52.9. The topological polar surface area (TPSA) is 123 Å². The summed E-state index contributed by atoms with van der Waals surface area (Å²) in [5, 5.41) is 15.8. The van der Waals surface area contributed by atoms with Gasteiger partial charge in [0.05, 0.1) is 12.2 Å². The highest BCUT2D eigenvalue weighted by atomic mass is 16.4. The number of quaternary nitrogens is 1. The smallest absolute Gasteiger partial charge is 0.291 e. The summed E-state index contributed by atoms with van der Waals surface area (Å²) in [7, 11) is 0. The van der Waals surface area contributed by atoms with Gasteiger partial charge >= 0.3 is 0 Å². The largest absolute Gasteiger partial charge is 0.550 e. The van der Waals surface area contributed by atoms with Crippen LogP contribution in [-0.2, 0) is 31.3 Å². The van der Waals surface area contributed by atoms with Gasteiger partial charge in [0.2, 0.25) is 17.4 Å². The summed E-state index contributed by atoms with van der Waals surface area (Å²) in [6.07, 6.45) is -0.110. The van der Waals surface area contributed by atoms with E-state index in [9.17, 15) is 24.3 Å². The monoisotopic (exact) mass is 433 g/mol. The van der Waals surface area contributed by atoms with Crippen molar-refractivity contribution in [2.24, 2.45) is 11.8 Å². The van der Waals surface area contributed by atoms with Crippen LogP contribution in [0.5, 0.6) is 0 Å². The molecule has 3 amide bonds.